The number of thioether (sulfide) groups is 1. The number of aromatic nitrogens is 4. The highest BCUT2D eigenvalue weighted by Crippen LogP contribution is 2.40. The summed E-state index contributed by atoms with van der Waals surface area (Å²) in [6.45, 7) is 2.20. The van der Waals surface area contributed by atoms with Crippen molar-refractivity contribution in [2.24, 2.45) is 13.0 Å². The molecule has 1 amide bonds. The summed E-state index contributed by atoms with van der Waals surface area (Å²) in [7, 11) is 3.21. The molecule has 1 N–H and O–H groups in total. The Kier molecular flexibility index (Phi) is 6.38. The van der Waals surface area contributed by atoms with Crippen molar-refractivity contribution in [3.63, 3.8) is 0 Å². The third kappa shape index (κ3) is 4.49. The number of rotatable bonds is 6. The molecule has 0 saturated carbocycles. The minimum atomic E-state index is -0.400. The fourth-order valence-corrected chi connectivity index (χ4v) is 5.73. The smallest absolute Gasteiger partial charge is 0.341 e. The predicted molar refractivity (Wildman–Crippen MR) is 120 cm³/mol. The molecule has 0 fully saturated rings. The largest absolute Gasteiger partial charge is 0.465 e. The maximum Gasteiger partial charge on any atom is 0.341 e. The second-order valence-electron chi connectivity index (χ2n) is 7.46. The zero-order chi connectivity index (χ0) is 22.0. The lowest BCUT2D eigenvalue weighted by Crippen LogP contribution is -2.17. The number of methoxy groups -OCH3 is 1. The van der Waals surface area contributed by atoms with Gasteiger partial charge in [0.2, 0.25) is 5.91 Å². The van der Waals surface area contributed by atoms with Gasteiger partial charge in [-0.05, 0) is 42.9 Å². The van der Waals surface area contributed by atoms with Crippen LogP contribution in [-0.4, -0.2) is 44.5 Å². The van der Waals surface area contributed by atoms with Crippen LogP contribution < -0.4 is 5.32 Å². The van der Waals surface area contributed by atoms with Crippen molar-refractivity contribution in [1.82, 2.24) is 19.7 Å². The van der Waals surface area contributed by atoms with Crippen LogP contribution in [0.4, 0.5) is 5.00 Å². The number of nitrogens with one attached hydrogen (secondary N) is 1. The molecule has 162 valence electrons. The molecule has 10 heteroatoms. The molecule has 3 heterocycles. The van der Waals surface area contributed by atoms with Crippen molar-refractivity contribution in [1.29, 1.82) is 0 Å². The normalized spacial score (nSPS) is 15.4. The van der Waals surface area contributed by atoms with E-state index in [1.54, 1.807) is 6.20 Å². The Morgan fingerprint density at radius 2 is 2.19 bits per heavy atom. The number of nitrogens with zero attached hydrogens (tertiary/aromatic N) is 4. The lowest BCUT2D eigenvalue weighted by atomic mass is 9.88. The van der Waals surface area contributed by atoms with Gasteiger partial charge in [0.15, 0.2) is 11.0 Å². The zero-order valence-electron chi connectivity index (χ0n) is 17.5. The molecule has 4 rings (SSSR count). The van der Waals surface area contributed by atoms with Crippen LogP contribution in [0.25, 0.3) is 11.5 Å². The van der Waals surface area contributed by atoms with Crippen LogP contribution in [0.2, 0.25) is 0 Å². The Labute approximate surface area is 188 Å². The van der Waals surface area contributed by atoms with E-state index in [1.165, 1.54) is 30.2 Å². The number of carbonyl (C=O) groups excluding carboxylic acids is 2. The number of esters is 1. The number of amides is 1. The zero-order valence-corrected chi connectivity index (χ0v) is 19.2. The van der Waals surface area contributed by atoms with Crippen molar-refractivity contribution in [3.8, 4) is 11.5 Å². The average Bonchev–Trinajstić information content (AvgIpc) is 3.31. The van der Waals surface area contributed by atoms with Crippen molar-refractivity contribution in [3.05, 3.63) is 40.4 Å². The van der Waals surface area contributed by atoms with Gasteiger partial charge in [0.1, 0.15) is 10.7 Å². The quantitative estimate of drug-likeness (QED) is 0.446. The summed E-state index contributed by atoms with van der Waals surface area (Å²) in [4.78, 5) is 30.5. The molecular formula is C21H23N5O3S2. The molecule has 3 aromatic heterocycles. The molecule has 8 nitrogen and oxygen atoms in total. The molecule has 0 spiro atoms. The number of fused-ring (bicyclic) bond motifs is 1. The number of anilines is 1. The van der Waals surface area contributed by atoms with Crippen LogP contribution in [0.5, 0.6) is 0 Å². The van der Waals surface area contributed by atoms with Gasteiger partial charge in [-0.3, -0.25) is 9.78 Å². The maximum atomic E-state index is 12.7. The molecule has 1 aliphatic carbocycles. The molecule has 1 atom stereocenters. The van der Waals surface area contributed by atoms with Crippen LogP contribution in [0.1, 0.15) is 34.1 Å². The number of thiophene rings is 1. The molecule has 0 saturated heterocycles. The van der Waals surface area contributed by atoms with E-state index in [9.17, 15) is 9.59 Å². The molecule has 3 aromatic rings. The van der Waals surface area contributed by atoms with E-state index in [2.05, 4.69) is 27.4 Å². The van der Waals surface area contributed by atoms with Gasteiger partial charge < -0.3 is 14.6 Å². The van der Waals surface area contributed by atoms with Gasteiger partial charge in [-0.15, -0.1) is 21.5 Å². The van der Waals surface area contributed by atoms with Crippen molar-refractivity contribution in [2.75, 3.05) is 18.2 Å². The van der Waals surface area contributed by atoms with Gasteiger partial charge in [0.25, 0.3) is 0 Å². The monoisotopic (exact) mass is 457 g/mol. The van der Waals surface area contributed by atoms with Gasteiger partial charge in [-0.2, -0.15) is 0 Å². The topological polar surface area (TPSA) is 99.0 Å². The van der Waals surface area contributed by atoms with E-state index >= 15 is 0 Å². The summed E-state index contributed by atoms with van der Waals surface area (Å²) in [6, 6.07) is 5.59. The number of pyridine rings is 1. The van der Waals surface area contributed by atoms with Crippen LogP contribution in [-0.2, 0) is 29.4 Å². The lowest BCUT2D eigenvalue weighted by Gasteiger charge is -2.18. The van der Waals surface area contributed by atoms with Gasteiger partial charge in [-0.25, -0.2) is 4.79 Å². The highest BCUT2D eigenvalue weighted by molar-refractivity contribution is 7.99. The number of ether oxygens (including phenoxy) is 1. The minimum Gasteiger partial charge on any atom is -0.465 e. The van der Waals surface area contributed by atoms with Gasteiger partial charge in [-0.1, -0.05) is 24.8 Å². The maximum absolute atomic E-state index is 12.7. The molecular weight excluding hydrogens is 434 g/mol. The van der Waals surface area contributed by atoms with Gasteiger partial charge >= 0.3 is 5.97 Å². The van der Waals surface area contributed by atoms with E-state index in [-0.39, 0.29) is 11.7 Å². The van der Waals surface area contributed by atoms with E-state index in [1.807, 2.05) is 29.8 Å². The first kappa shape index (κ1) is 21.5. The Hall–Kier alpha value is -2.72. The second kappa shape index (κ2) is 9.19. The van der Waals surface area contributed by atoms with Crippen LogP contribution in [0.3, 0.4) is 0 Å². The minimum absolute atomic E-state index is 0.147. The van der Waals surface area contributed by atoms with E-state index in [4.69, 9.17) is 4.74 Å². The third-order valence-corrected chi connectivity index (χ3v) is 7.41. The Morgan fingerprint density at radius 3 is 2.94 bits per heavy atom. The highest BCUT2D eigenvalue weighted by atomic mass is 32.2. The SMILES string of the molecule is COC(=O)c1c(NC(=O)CSc2nnc(-c3ccccn3)n2C)sc2c1CCC(C)C2. The summed E-state index contributed by atoms with van der Waals surface area (Å²) in [5.41, 5.74) is 2.24. The lowest BCUT2D eigenvalue weighted by molar-refractivity contribution is -0.113. The fraction of sp³-hybridized carbons (Fsp3) is 0.381. The summed E-state index contributed by atoms with van der Waals surface area (Å²) in [6.07, 6.45) is 4.48. The first-order valence-corrected chi connectivity index (χ1v) is 11.7. The molecule has 0 aromatic carbocycles. The van der Waals surface area contributed by atoms with E-state index in [0.29, 0.717) is 27.5 Å². The van der Waals surface area contributed by atoms with Gasteiger partial charge in [0, 0.05) is 18.1 Å². The number of hydrogen-bond acceptors (Lipinski definition) is 8. The van der Waals surface area contributed by atoms with Crippen molar-refractivity contribution >= 4 is 40.0 Å². The van der Waals surface area contributed by atoms with Crippen LogP contribution in [0, 0.1) is 5.92 Å². The number of hydrogen-bond donors (Lipinski definition) is 1. The fourth-order valence-electron chi connectivity index (χ4n) is 3.61. The third-order valence-electron chi connectivity index (χ3n) is 5.22. The van der Waals surface area contributed by atoms with Crippen LogP contribution >= 0.6 is 23.1 Å². The van der Waals surface area contributed by atoms with Crippen molar-refractivity contribution < 1.29 is 14.3 Å². The molecule has 0 bridgehead atoms. The van der Waals surface area contributed by atoms with E-state index < -0.39 is 5.97 Å². The molecule has 1 unspecified atom stereocenters. The average molecular weight is 458 g/mol. The standard InChI is InChI=1S/C21H23N5O3S2/c1-12-7-8-13-15(10-12)31-19(17(13)20(28)29-3)23-16(27)11-30-21-25-24-18(26(21)2)14-6-4-5-9-22-14/h4-6,9,12H,7-8,10-11H2,1-3H3,(H,23,27). The molecule has 0 radical (unpaired) electrons. The highest BCUT2D eigenvalue weighted by Gasteiger charge is 2.29. The Bertz CT molecular complexity index is 1110. The number of carbonyl (C=O) groups is 2. The first-order chi connectivity index (χ1) is 15.0. The van der Waals surface area contributed by atoms with Crippen LogP contribution in [0.15, 0.2) is 29.6 Å². The molecule has 31 heavy (non-hydrogen) atoms. The predicted octanol–water partition coefficient (Wildman–Crippen LogP) is 3.58. The first-order valence-electron chi connectivity index (χ1n) is 9.94. The Morgan fingerprint density at radius 1 is 1.35 bits per heavy atom. The second-order valence-corrected chi connectivity index (χ2v) is 9.51. The summed E-state index contributed by atoms with van der Waals surface area (Å²) in [5.74, 6) is 0.748. The van der Waals surface area contributed by atoms with E-state index in [0.717, 1.165) is 35.4 Å². The summed E-state index contributed by atoms with van der Waals surface area (Å²) < 4.78 is 6.79. The van der Waals surface area contributed by atoms with Crippen molar-refractivity contribution in [2.45, 2.75) is 31.3 Å². The summed E-state index contributed by atoms with van der Waals surface area (Å²) in [5, 5.41) is 12.5. The Balaban J connectivity index is 1.46. The summed E-state index contributed by atoms with van der Waals surface area (Å²) >= 11 is 2.76. The molecule has 0 aliphatic heterocycles. The molecule has 1 aliphatic rings. The van der Waals surface area contributed by atoms with Gasteiger partial charge in [0.05, 0.1) is 18.4 Å².